The summed E-state index contributed by atoms with van der Waals surface area (Å²) in [5, 5.41) is 2.83. The summed E-state index contributed by atoms with van der Waals surface area (Å²) in [4.78, 5) is 39.6. The van der Waals surface area contributed by atoms with Gasteiger partial charge in [0.2, 0.25) is 11.4 Å². The van der Waals surface area contributed by atoms with E-state index in [2.05, 4.69) is 5.32 Å². The molecule has 1 saturated heterocycles. The van der Waals surface area contributed by atoms with Crippen molar-refractivity contribution in [2.24, 2.45) is 0 Å². The van der Waals surface area contributed by atoms with Crippen molar-refractivity contribution in [2.45, 2.75) is 58.2 Å². The number of nitrogens with zero attached hydrogens (tertiary/aromatic N) is 1. The first-order valence-corrected chi connectivity index (χ1v) is 8.48. The van der Waals surface area contributed by atoms with Crippen LogP contribution in [0, 0.1) is 0 Å². The van der Waals surface area contributed by atoms with Gasteiger partial charge in [0.25, 0.3) is 5.91 Å². The largest absolute Gasteiger partial charge is 0.461 e. The van der Waals surface area contributed by atoms with Gasteiger partial charge in [-0.25, -0.2) is 4.79 Å². The predicted molar refractivity (Wildman–Crippen MR) is 93.6 cm³/mol. The van der Waals surface area contributed by atoms with Gasteiger partial charge in [-0.2, -0.15) is 0 Å². The third kappa shape index (κ3) is 3.52. The van der Waals surface area contributed by atoms with Crippen LogP contribution in [-0.2, 0) is 19.1 Å². The molecule has 1 aromatic carbocycles. The van der Waals surface area contributed by atoms with E-state index in [0.717, 1.165) is 5.56 Å². The molecule has 6 heteroatoms. The summed E-state index contributed by atoms with van der Waals surface area (Å²) in [6.07, 6.45) is 0.136. The van der Waals surface area contributed by atoms with Gasteiger partial charge < -0.3 is 15.0 Å². The van der Waals surface area contributed by atoms with Gasteiger partial charge in [0.1, 0.15) is 6.61 Å². The van der Waals surface area contributed by atoms with Gasteiger partial charge in [0.15, 0.2) is 0 Å². The van der Waals surface area contributed by atoms with Crippen LogP contribution in [-0.4, -0.2) is 40.4 Å². The van der Waals surface area contributed by atoms with Crippen molar-refractivity contribution in [1.82, 2.24) is 10.2 Å². The first-order valence-electron chi connectivity index (χ1n) is 8.48. The lowest BCUT2D eigenvalue weighted by molar-refractivity contribution is -0.186. The molecule has 1 aliphatic heterocycles. The highest BCUT2D eigenvalue weighted by Crippen LogP contribution is 2.37. The molecule has 2 atom stereocenters. The van der Waals surface area contributed by atoms with Gasteiger partial charge in [-0.15, -0.1) is 0 Å². The molecule has 0 aromatic heterocycles. The summed E-state index contributed by atoms with van der Waals surface area (Å²) in [7, 11) is 0. The number of carbonyl (C=O) groups excluding carboxylic acids is 3. The van der Waals surface area contributed by atoms with E-state index >= 15 is 0 Å². The fourth-order valence-corrected chi connectivity index (χ4v) is 3.24. The molecule has 1 heterocycles. The standard InChI is InChI=1S/C19H26N2O4/c1-6-19(16(23)20-18(3,4)5)17(24)25-12-15(21(19)13(2)22)14-10-8-7-9-11-14/h7-11,15H,6,12H2,1-5H3,(H,20,23)/t15-,19+/m1/s1. The quantitative estimate of drug-likeness (QED) is 0.672. The van der Waals surface area contributed by atoms with Crippen LogP contribution in [0.4, 0.5) is 0 Å². The summed E-state index contributed by atoms with van der Waals surface area (Å²) >= 11 is 0. The van der Waals surface area contributed by atoms with E-state index in [1.807, 2.05) is 51.1 Å². The van der Waals surface area contributed by atoms with Gasteiger partial charge in [-0.3, -0.25) is 9.59 Å². The average molecular weight is 346 g/mol. The third-order valence-electron chi connectivity index (χ3n) is 4.33. The second-order valence-corrected chi connectivity index (χ2v) is 7.33. The molecular weight excluding hydrogens is 320 g/mol. The number of amides is 2. The van der Waals surface area contributed by atoms with Crippen molar-refractivity contribution in [3.63, 3.8) is 0 Å². The second kappa shape index (κ2) is 6.86. The van der Waals surface area contributed by atoms with Gasteiger partial charge in [-0.05, 0) is 32.8 Å². The number of esters is 1. The minimum absolute atomic E-state index is 0.0347. The molecule has 2 rings (SSSR count). The minimum Gasteiger partial charge on any atom is -0.461 e. The maximum atomic E-state index is 13.1. The monoisotopic (exact) mass is 346 g/mol. The van der Waals surface area contributed by atoms with E-state index in [1.54, 1.807) is 6.92 Å². The Morgan fingerprint density at radius 1 is 1.28 bits per heavy atom. The van der Waals surface area contributed by atoms with Gasteiger partial charge in [0.05, 0.1) is 6.04 Å². The highest BCUT2D eigenvalue weighted by Gasteiger charge is 2.58. The van der Waals surface area contributed by atoms with Crippen LogP contribution in [0.5, 0.6) is 0 Å². The number of hydrogen-bond acceptors (Lipinski definition) is 4. The Hall–Kier alpha value is -2.37. The summed E-state index contributed by atoms with van der Waals surface area (Å²) in [6, 6.07) is 8.81. The van der Waals surface area contributed by atoms with Gasteiger partial charge >= 0.3 is 5.97 Å². The molecule has 0 radical (unpaired) electrons. The van der Waals surface area contributed by atoms with Crippen LogP contribution in [0.1, 0.15) is 52.6 Å². The topological polar surface area (TPSA) is 75.7 Å². The molecule has 6 nitrogen and oxygen atoms in total. The fraction of sp³-hybridized carbons (Fsp3) is 0.526. The van der Waals surface area contributed by atoms with Crippen LogP contribution in [0.2, 0.25) is 0 Å². The maximum absolute atomic E-state index is 13.1. The van der Waals surface area contributed by atoms with E-state index < -0.39 is 29.0 Å². The Balaban J connectivity index is 2.55. The lowest BCUT2D eigenvalue weighted by Crippen LogP contribution is -2.70. The van der Waals surface area contributed by atoms with Crippen LogP contribution in [0.15, 0.2) is 30.3 Å². The molecule has 136 valence electrons. The molecule has 0 saturated carbocycles. The van der Waals surface area contributed by atoms with Crippen LogP contribution >= 0.6 is 0 Å². The van der Waals surface area contributed by atoms with E-state index in [4.69, 9.17) is 4.74 Å². The van der Waals surface area contributed by atoms with Gasteiger partial charge in [-0.1, -0.05) is 37.3 Å². The molecule has 0 spiro atoms. The number of benzene rings is 1. The van der Waals surface area contributed by atoms with E-state index in [-0.39, 0.29) is 18.9 Å². The normalized spacial score (nSPS) is 23.8. The molecule has 0 bridgehead atoms. The summed E-state index contributed by atoms with van der Waals surface area (Å²) in [5.74, 6) is -1.53. The third-order valence-corrected chi connectivity index (χ3v) is 4.33. The van der Waals surface area contributed by atoms with Crippen molar-refractivity contribution >= 4 is 17.8 Å². The predicted octanol–water partition coefficient (Wildman–Crippen LogP) is 2.20. The van der Waals surface area contributed by atoms with Crippen molar-refractivity contribution in [3.05, 3.63) is 35.9 Å². The minimum atomic E-state index is -1.67. The first kappa shape index (κ1) is 19.0. The number of morpholine rings is 1. The number of rotatable bonds is 3. The number of nitrogens with one attached hydrogen (secondary N) is 1. The zero-order valence-electron chi connectivity index (χ0n) is 15.5. The Morgan fingerprint density at radius 3 is 2.36 bits per heavy atom. The van der Waals surface area contributed by atoms with Crippen LogP contribution in [0.25, 0.3) is 0 Å². The zero-order valence-corrected chi connectivity index (χ0v) is 15.5. The van der Waals surface area contributed by atoms with Crippen molar-refractivity contribution in [1.29, 1.82) is 0 Å². The van der Waals surface area contributed by atoms with E-state index in [1.165, 1.54) is 11.8 Å². The van der Waals surface area contributed by atoms with Crippen LogP contribution in [0.3, 0.4) is 0 Å². The smallest absolute Gasteiger partial charge is 0.342 e. The Labute approximate surface area is 148 Å². The second-order valence-electron chi connectivity index (χ2n) is 7.33. The summed E-state index contributed by atoms with van der Waals surface area (Å²) in [5.41, 5.74) is -1.38. The zero-order chi connectivity index (χ0) is 18.8. The highest BCUT2D eigenvalue weighted by atomic mass is 16.5. The maximum Gasteiger partial charge on any atom is 0.342 e. The first-order chi connectivity index (χ1) is 11.6. The van der Waals surface area contributed by atoms with Gasteiger partial charge in [0, 0.05) is 12.5 Å². The molecule has 1 aromatic rings. The number of carbonyl (C=O) groups is 3. The molecule has 2 amide bonds. The lowest BCUT2D eigenvalue weighted by Gasteiger charge is -2.48. The van der Waals surface area contributed by atoms with Crippen molar-refractivity contribution in [3.8, 4) is 0 Å². The number of hydrogen-bond donors (Lipinski definition) is 1. The Kier molecular flexibility index (Phi) is 5.20. The summed E-state index contributed by atoms with van der Waals surface area (Å²) in [6.45, 7) is 8.61. The SMILES string of the molecule is CC[C@]1(C(=O)NC(C)(C)C)C(=O)OC[C@H](c2ccccc2)N1C(C)=O. The van der Waals surface area contributed by atoms with Crippen molar-refractivity contribution in [2.75, 3.05) is 6.61 Å². The molecule has 0 aliphatic carbocycles. The number of cyclic esters (lactones) is 1. The van der Waals surface area contributed by atoms with E-state index in [9.17, 15) is 14.4 Å². The molecule has 1 fully saturated rings. The number of ether oxygens (including phenoxy) is 1. The molecule has 1 aliphatic rings. The molecule has 0 unspecified atom stereocenters. The average Bonchev–Trinajstić information content (AvgIpc) is 2.53. The Morgan fingerprint density at radius 2 is 1.88 bits per heavy atom. The fourth-order valence-electron chi connectivity index (χ4n) is 3.24. The van der Waals surface area contributed by atoms with Crippen molar-refractivity contribution < 1.29 is 19.1 Å². The highest BCUT2D eigenvalue weighted by molar-refractivity contribution is 6.10. The lowest BCUT2D eigenvalue weighted by atomic mass is 9.86. The molecular formula is C19H26N2O4. The Bertz CT molecular complexity index is 666. The molecule has 1 N–H and O–H groups in total. The van der Waals surface area contributed by atoms with E-state index in [0.29, 0.717) is 0 Å². The van der Waals surface area contributed by atoms with Crippen LogP contribution < -0.4 is 5.32 Å². The molecule has 25 heavy (non-hydrogen) atoms. The summed E-state index contributed by atoms with van der Waals surface area (Å²) < 4.78 is 5.37.